The van der Waals surface area contributed by atoms with Crippen LogP contribution >= 0.6 is 0 Å². The molecule has 2 saturated carbocycles. The van der Waals surface area contributed by atoms with Crippen molar-refractivity contribution in [3.63, 3.8) is 0 Å². The van der Waals surface area contributed by atoms with Crippen molar-refractivity contribution in [3.05, 3.63) is 30.0 Å². The lowest BCUT2D eigenvalue weighted by molar-refractivity contribution is -0.142. The number of ether oxygens (including phenoxy) is 1. The second-order valence-corrected chi connectivity index (χ2v) is 14.1. The molecule has 1 aromatic heterocycles. The van der Waals surface area contributed by atoms with E-state index in [1.807, 2.05) is 0 Å². The third kappa shape index (κ3) is 7.79. The van der Waals surface area contributed by atoms with Crippen LogP contribution < -0.4 is 10.6 Å². The van der Waals surface area contributed by atoms with Crippen LogP contribution in [0.25, 0.3) is 10.9 Å². The van der Waals surface area contributed by atoms with Crippen LogP contribution in [0.4, 0.5) is 14.9 Å². The molecule has 45 heavy (non-hydrogen) atoms. The number of carboxylic acids is 1. The summed E-state index contributed by atoms with van der Waals surface area (Å²) in [4.78, 5) is 56.4. The fourth-order valence-corrected chi connectivity index (χ4v) is 7.74. The minimum atomic E-state index is -1.05. The fourth-order valence-electron chi connectivity index (χ4n) is 7.74. The average molecular weight is 627 g/mol. The van der Waals surface area contributed by atoms with Gasteiger partial charge in [-0.05, 0) is 94.9 Å². The lowest BCUT2D eigenvalue weighted by Crippen LogP contribution is -2.50. The maximum atomic E-state index is 14.0. The largest absolute Gasteiger partial charge is 0.477 e. The Morgan fingerprint density at radius 1 is 1.02 bits per heavy atom. The number of nitrogens with zero attached hydrogens (tertiary/aromatic N) is 1. The van der Waals surface area contributed by atoms with Gasteiger partial charge in [-0.3, -0.25) is 9.59 Å². The van der Waals surface area contributed by atoms with E-state index in [-0.39, 0.29) is 35.3 Å². The van der Waals surface area contributed by atoms with Gasteiger partial charge in [0.25, 0.3) is 0 Å². The molecule has 2 heterocycles. The number of carbonyl (C=O) groups is 4. The number of carboxylic acid groups (broad SMARTS) is 1. The van der Waals surface area contributed by atoms with E-state index in [0.717, 1.165) is 32.1 Å². The second-order valence-electron chi connectivity index (χ2n) is 14.1. The molecule has 1 aromatic carbocycles. The minimum Gasteiger partial charge on any atom is -0.477 e. The normalized spacial score (nSPS) is 25.1. The maximum absolute atomic E-state index is 14.0. The Bertz CT molecular complexity index is 1390. The van der Waals surface area contributed by atoms with Gasteiger partial charge in [-0.1, -0.05) is 32.1 Å². The summed E-state index contributed by atoms with van der Waals surface area (Å²) < 4.78 is 19.3. The van der Waals surface area contributed by atoms with Crippen molar-refractivity contribution in [1.82, 2.24) is 15.2 Å². The number of H-pyrrole nitrogens is 1. The van der Waals surface area contributed by atoms with E-state index in [0.29, 0.717) is 54.7 Å². The number of hydrogen-bond donors (Lipinski definition) is 4. The number of alkyl halides is 1. The summed E-state index contributed by atoms with van der Waals surface area (Å²) in [6, 6.07) is 5.53. The van der Waals surface area contributed by atoms with Crippen LogP contribution in [-0.2, 0) is 14.3 Å². The second kappa shape index (κ2) is 13.8. The zero-order chi connectivity index (χ0) is 32.3. The number of rotatable bonds is 8. The molecule has 0 radical (unpaired) electrons. The Balaban J connectivity index is 1.27. The summed E-state index contributed by atoms with van der Waals surface area (Å²) in [6.45, 7) is 5.11. The predicted molar refractivity (Wildman–Crippen MR) is 169 cm³/mol. The molecule has 0 bridgehead atoms. The first kappa shape index (κ1) is 32.8. The predicted octanol–water partition coefficient (Wildman–Crippen LogP) is 6.27. The van der Waals surface area contributed by atoms with Crippen molar-refractivity contribution in [3.8, 4) is 0 Å². The molecule has 11 heteroatoms. The first-order valence-electron chi connectivity index (χ1n) is 16.5. The van der Waals surface area contributed by atoms with Crippen LogP contribution in [0.1, 0.15) is 95.5 Å². The molecule has 10 nitrogen and oxygen atoms in total. The number of aromatic carboxylic acids is 1. The Kier molecular flexibility index (Phi) is 10.0. The van der Waals surface area contributed by atoms with Crippen LogP contribution in [0.2, 0.25) is 0 Å². The van der Waals surface area contributed by atoms with E-state index >= 15 is 0 Å². The van der Waals surface area contributed by atoms with Crippen LogP contribution in [0, 0.1) is 23.7 Å². The lowest BCUT2D eigenvalue weighted by atomic mass is 9.76. The number of alkyl carbamates (subject to hydrolysis) is 1. The summed E-state index contributed by atoms with van der Waals surface area (Å²) in [5, 5.41) is 15.7. The molecule has 2 aliphatic carbocycles. The number of carbonyl (C=O) groups excluding carboxylic acids is 3. The van der Waals surface area contributed by atoms with E-state index in [2.05, 4.69) is 15.6 Å². The highest BCUT2D eigenvalue weighted by Crippen LogP contribution is 2.41. The zero-order valence-electron chi connectivity index (χ0n) is 26.6. The Labute approximate surface area is 263 Å². The van der Waals surface area contributed by atoms with Gasteiger partial charge in [0.15, 0.2) is 0 Å². The third-order valence-electron chi connectivity index (χ3n) is 9.93. The minimum absolute atomic E-state index is 0.0176. The SMILES string of the molecule is CC(C)(C)OC(=O)N[C@H](CF)[C@H]1CC[C@H](C(=O)N2CC[C@@H](C3CCCCC3)[C@H]2C(=O)Nc2ccc3[nH]c(C(=O)O)cc3c2)CC1. The summed E-state index contributed by atoms with van der Waals surface area (Å²) >= 11 is 0. The van der Waals surface area contributed by atoms with Crippen molar-refractivity contribution < 1.29 is 33.4 Å². The highest BCUT2D eigenvalue weighted by molar-refractivity contribution is 6.00. The number of benzene rings is 1. The standard InChI is InChI=1S/C34H47FN4O6/c1-34(2,3)45-33(44)38-28(19-35)21-9-11-22(12-10-21)31(41)39-16-15-25(20-7-5-4-6-8-20)29(39)30(40)36-24-13-14-26-23(17-24)18-27(37-26)32(42)43/h13-14,17-18,20-22,25,28-29,37H,4-12,15-16,19H2,1-3H3,(H,36,40)(H,38,44)(H,42,43)/t21-,22-,25-,28+,29-/m0/s1. The number of anilines is 1. The number of hydrogen-bond acceptors (Lipinski definition) is 5. The van der Waals surface area contributed by atoms with Crippen molar-refractivity contribution in [1.29, 1.82) is 0 Å². The van der Waals surface area contributed by atoms with Gasteiger partial charge >= 0.3 is 12.1 Å². The average Bonchev–Trinajstić information content (AvgIpc) is 3.64. The van der Waals surface area contributed by atoms with E-state index < -0.39 is 36.4 Å². The molecule has 3 aliphatic rings. The molecule has 1 saturated heterocycles. The molecular weight excluding hydrogens is 579 g/mol. The fraction of sp³-hybridized carbons (Fsp3) is 0.647. The number of amides is 3. The third-order valence-corrected chi connectivity index (χ3v) is 9.93. The van der Waals surface area contributed by atoms with E-state index in [1.165, 1.54) is 12.5 Å². The molecule has 4 N–H and O–H groups in total. The van der Waals surface area contributed by atoms with E-state index in [9.17, 15) is 28.7 Å². The first-order valence-corrected chi connectivity index (χ1v) is 16.5. The highest BCUT2D eigenvalue weighted by Gasteiger charge is 2.47. The van der Waals surface area contributed by atoms with Gasteiger partial charge in [-0.15, -0.1) is 0 Å². The number of halogens is 1. The Hall–Kier alpha value is -3.63. The van der Waals surface area contributed by atoms with Gasteiger partial charge in [0.2, 0.25) is 11.8 Å². The van der Waals surface area contributed by atoms with Crippen LogP contribution in [0.3, 0.4) is 0 Å². The van der Waals surface area contributed by atoms with Gasteiger partial charge in [0, 0.05) is 29.1 Å². The van der Waals surface area contributed by atoms with Crippen LogP contribution in [0.15, 0.2) is 24.3 Å². The van der Waals surface area contributed by atoms with Crippen LogP contribution in [-0.4, -0.2) is 69.8 Å². The number of nitrogens with one attached hydrogen (secondary N) is 3. The topological polar surface area (TPSA) is 141 Å². The Morgan fingerprint density at radius 3 is 2.38 bits per heavy atom. The number of aromatic amines is 1. The molecule has 0 spiro atoms. The maximum Gasteiger partial charge on any atom is 0.407 e. The molecule has 3 fully saturated rings. The lowest BCUT2D eigenvalue weighted by Gasteiger charge is -2.37. The van der Waals surface area contributed by atoms with Crippen LogP contribution in [0.5, 0.6) is 0 Å². The summed E-state index contributed by atoms with van der Waals surface area (Å²) in [6.07, 6.45) is 8.09. The number of likely N-dealkylation sites (tertiary alicyclic amines) is 1. The molecule has 246 valence electrons. The number of fused-ring (bicyclic) bond motifs is 1. The van der Waals surface area contributed by atoms with Gasteiger partial charge in [0.05, 0.1) is 6.04 Å². The monoisotopic (exact) mass is 626 g/mol. The molecule has 1 aliphatic heterocycles. The van der Waals surface area contributed by atoms with Gasteiger partial charge in [-0.2, -0.15) is 0 Å². The van der Waals surface area contributed by atoms with Gasteiger partial charge < -0.3 is 30.4 Å². The molecule has 5 rings (SSSR count). The summed E-state index contributed by atoms with van der Waals surface area (Å²) in [5.74, 6) is -1.17. The smallest absolute Gasteiger partial charge is 0.407 e. The molecule has 0 unspecified atom stereocenters. The van der Waals surface area contributed by atoms with E-state index in [1.54, 1.807) is 43.9 Å². The number of aromatic nitrogens is 1. The molecule has 2 aromatic rings. The summed E-state index contributed by atoms with van der Waals surface area (Å²) in [7, 11) is 0. The molecule has 3 amide bonds. The van der Waals surface area contributed by atoms with Crippen molar-refractivity contribution >= 4 is 40.5 Å². The van der Waals surface area contributed by atoms with E-state index in [4.69, 9.17) is 4.74 Å². The Morgan fingerprint density at radius 2 is 1.73 bits per heavy atom. The molecule has 3 atom stereocenters. The molecular formula is C34H47FN4O6. The quantitative estimate of drug-likeness (QED) is 0.272. The highest BCUT2D eigenvalue weighted by atomic mass is 19.1. The summed E-state index contributed by atoms with van der Waals surface area (Å²) in [5.41, 5.74) is 0.615. The van der Waals surface area contributed by atoms with Crippen molar-refractivity contribution in [2.45, 2.75) is 103 Å². The zero-order valence-corrected chi connectivity index (χ0v) is 26.6. The van der Waals surface area contributed by atoms with Crippen molar-refractivity contribution in [2.75, 3.05) is 18.5 Å². The van der Waals surface area contributed by atoms with Gasteiger partial charge in [-0.25, -0.2) is 14.0 Å². The first-order chi connectivity index (χ1) is 21.4. The van der Waals surface area contributed by atoms with Gasteiger partial charge in [0.1, 0.15) is 24.0 Å². The van der Waals surface area contributed by atoms with Crippen molar-refractivity contribution in [2.24, 2.45) is 23.7 Å².